The number of carbonyl (C=O) groups is 11. The first-order valence-electron chi connectivity index (χ1n) is 30.7. The van der Waals surface area contributed by atoms with Crippen molar-refractivity contribution in [3.8, 4) is 0 Å². The lowest BCUT2D eigenvalue weighted by Crippen LogP contribution is -2.55. The zero-order chi connectivity index (χ0) is 63.8. The number of ketones is 4. The van der Waals surface area contributed by atoms with Gasteiger partial charge in [-0.2, -0.15) is 0 Å². The number of nitrogens with two attached hydrogens (primary N) is 5. The van der Waals surface area contributed by atoms with Crippen LogP contribution in [0.5, 0.6) is 0 Å². The van der Waals surface area contributed by atoms with Crippen molar-refractivity contribution in [2.24, 2.45) is 70.1 Å². The van der Waals surface area contributed by atoms with Crippen LogP contribution in [0.2, 0.25) is 0 Å². The third kappa shape index (κ3) is 28.3. The summed E-state index contributed by atoms with van der Waals surface area (Å²) in [4.78, 5) is 156. The second-order valence-electron chi connectivity index (χ2n) is 24.1. The number of amides is 7. The molecule has 7 amide bonds. The van der Waals surface area contributed by atoms with Gasteiger partial charge in [-0.25, -0.2) is 0 Å². The highest BCUT2D eigenvalue weighted by atomic mass is 16.3. The summed E-state index contributed by atoms with van der Waals surface area (Å²) in [6.45, 7) is 12.3. The Kier molecular flexibility index (Phi) is 35.6. The third-order valence-electron chi connectivity index (χ3n) is 15.2. The highest BCUT2D eigenvalue weighted by Crippen LogP contribution is 2.21. The first kappa shape index (κ1) is 75.0. The third-order valence-corrected chi connectivity index (χ3v) is 15.2. The largest absolute Gasteiger partial charge is 0.391 e. The fourth-order valence-electron chi connectivity index (χ4n) is 10.4. The Balaban J connectivity index is 2.71. The van der Waals surface area contributed by atoms with Gasteiger partial charge in [-0.1, -0.05) is 84.7 Å². The average Bonchev–Trinajstić information content (AvgIpc) is 3.64. The monoisotopic (exact) mass is 1200 g/mol. The molecule has 0 spiro atoms. The molecule has 1 aromatic carbocycles. The Morgan fingerprint density at radius 3 is 1.59 bits per heavy atom. The molecule has 85 heavy (non-hydrogen) atoms. The molecule has 18 N–H and O–H groups in total. The lowest BCUT2D eigenvalue weighted by molar-refractivity contribution is -0.137. The minimum atomic E-state index is -1.52. The van der Waals surface area contributed by atoms with Crippen LogP contribution in [0.4, 0.5) is 0 Å². The fourth-order valence-corrected chi connectivity index (χ4v) is 10.4. The van der Waals surface area contributed by atoms with Gasteiger partial charge < -0.3 is 71.0 Å². The molecule has 1 saturated heterocycles. The van der Waals surface area contributed by atoms with Crippen molar-refractivity contribution in [1.82, 2.24) is 37.2 Å². The van der Waals surface area contributed by atoms with E-state index < -0.39 is 138 Å². The minimum absolute atomic E-state index is 0.00176. The number of unbranched alkanes of at least 4 members (excludes halogenated alkanes) is 1. The molecule has 1 aromatic rings. The Bertz CT molecular complexity index is 2300. The first-order valence-corrected chi connectivity index (χ1v) is 30.7. The zero-order valence-electron chi connectivity index (χ0n) is 51.6. The number of nitrogens with one attached hydrogen (secondary N) is 7. The Hall–Kier alpha value is -6.05. The summed E-state index contributed by atoms with van der Waals surface area (Å²) in [5.41, 5.74) is 30.4. The molecule has 11 atom stereocenters. The van der Waals surface area contributed by atoms with Crippen molar-refractivity contribution in [3.63, 3.8) is 0 Å². The van der Waals surface area contributed by atoms with E-state index in [-0.39, 0.29) is 134 Å². The minimum Gasteiger partial charge on any atom is -0.391 e. The van der Waals surface area contributed by atoms with Gasteiger partial charge in [0.2, 0.25) is 41.4 Å². The summed E-state index contributed by atoms with van der Waals surface area (Å²) in [7, 11) is 0. The molecule has 24 heteroatoms. The number of Topliss-reactive ketones (excluding diaryl/α,β-unsaturated/α-hetero) is 4. The molecule has 0 saturated carbocycles. The van der Waals surface area contributed by atoms with Gasteiger partial charge in [-0.15, -0.1) is 0 Å². The first-order chi connectivity index (χ1) is 40.3. The fraction of sp³-hybridized carbons (Fsp3) is 0.721. The van der Waals surface area contributed by atoms with Crippen LogP contribution in [0.15, 0.2) is 30.3 Å². The van der Waals surface area contributed by atoms with E-state index in [0.717, 1.165) is 12.8 Å². The van der Waals surface area contributed by atoms with Gasteiger partial charge in [-0.3, -0.25) is 52.7 Å². The van der Waals surface area contributed by atoms with E-state index >= 15 is 0 Å². The number of benzene rings is 1. The maximum absolute atomic E-state index is 14.7. The van der Waals surface area contributed by atoms with E-state index in [1.54, 1.807) is 30.3 Å². The Morgan fingerprint density at radius 2 is 1.07 bits per heavy atom. The van der Waals surface area contributed by atoms with Crippen LogP contribution in [0.1, 0.15) is 157 Å². The Labute approximate surface area is 503 Å². The molecule has 1 aliphatic rings. The normalized spacial score (nSPS) is 22.5. The lowest BCUT2D eigenvalue weighted by Gasteiger charge is -2.28. The topological polar surface area (TPSA) is 422 Å². The zero-order valence-corrected chi connectivity index (χ0v) is 51.6. The molecule has 480 valence electrons. The smallest absolute Gasteiger partial charge is 0.243 e. The lowest BCUT2D eigenvalue weighted by atomic mass is 9.89. The number of hydrogen-bond acceptors (Lipinski definition) is 17. The van der Waals surface area contributed by atoms with Crippen LogP contribution >= 0.6 is 0 Å². The van der Waals surface area contributed by atoms with Crippen molar-refractivity contribution in [2.75, 3.05) is 39.3 Å². The Morgan fingerprint density at radius 1 is 0.565 bits per heavy atom. The molecule has 0 unspecified atom stereocenters. The van der Waals surface area contributed by atoms with Crippen molar-refractivity contribution in [3.05, 3.63) is 35.9 Å². The van der Waals surface area contributed by atoms with Crippen molar-refractivity contribution >= 4 is 64.5 Å². The molecular weight excluding hydrogens is 1090 g/mol. The summed E-state index contributed by atoms with van der Waals surface area (Å²) in [5, 5.41) is 29.9. The molecule has 2 rings (SSSR count). The highest BCUT2D eigenvalue weighted by molar-refractivity contribution is 5.99. The number of aliphatic hydroxyl groups excluding tert-OH is 1. The van der Waals surface area contributed by atoms with Gasteiger partial charge >= 0.3 is 0 Å². The van der Waals surface area contributed by atoms with Gasteiger partial charge in [0, 0.05) is 62.3 Å². The summed E-state index contributed by atoms with van der Waals surface area (Å²) >= 11 is 0. The molecule has 24 nitrogen and oxygen atoms in total. The van der Waals surface area contributed by atoms with E-state index in [9.17, 15) is 57.8 Å². The van der Waals surface area contributed by atoms with E-state index in [2.05, 4.69) is 51.1 Å². The standard InChI is InChI=1S/C61H104N12O12/c1-36(2)13-11-12-16-45(75)32-41(17-23-62)57(81)73-54(39(7)74)53(78)34-43(19-25-64)55(79)70-48-22-28-67-59(83)49(29-37(3)4)71-56(80)42(18-24-63)33-51(76)46(20-26-65)69-61(85)50(30-38(5)6)72-58(82)44(31-40-14-9-8-10-15-40)35-52(77)47(21-27-66)68-60(48)84/h8-10,14-15,36-39,41-44,46-50,54,74H,11-13,16-35,62-66H2,1-7H3,(H,67,83)(H,68,84)(H,69,85)(H,70,79)(H,71,80)(H,72,82)(H,73,81)/t39-,41-,42-,43-,44+,46+,47+,48+,49+,50+,54+/m1/s1. The van der Waals surface area contributed by atoms with Crippen molar-refractivity contribution in [2.45, 2.75) is 200 Å². The van der Waals surface area contributed by atoms with Crippen LogP contribution in [0.25, 0.3) is 0 Å². The average molecular weight is 1200 g/mol. The van der Waals surface area contributed by atoms with Gasteiger partial charge in [0.25, 0.3) is 0 Å². The van der Waals surface area contributed by atoms with Crippen LogP contribution in [0, 0.1) is 41.4 Å². The van der Waals surface area contributed by atoms with Gasteiger partial charge in [0.15, 0.2) is 17.3 Å². The van der Waals surface area contributed by atoms with E-state index in [1.165, 1.54) is 6.92 Å². The van der Waals surface area contributed by atoms with E-state index in [4.69, 9.17) is 28.7 Å². The number of hydrogen-bond donors (Lipinski definition) is 13. The second kappa shape index (κ2) is 40.4. The predicted molar refractivity (Wildman–Crippen MR) is 324 cm³/mol. The maximum atomic E-state index is 14.7. The van der Waals surface area contributed by atoms with Crippen LogP contribution in [0.3, 0.4) is 0 Å². The maximum Gasteiger partial charge on any atom is 0.243 e. The van der Waals surface area contributed by atoms with Gasteiger partial charge in [0.1, 0.15) is 30.0 Å². The van der Waals surface area contributed by atoms with E-state index in [0.29, 0.717) is 17.9 Å². The van der Waals surface area contributed by atoms with Crippen molar-refractivity contribution in [1.29, 1.82) is 0 Å². The second-order valence-corrected chi connectivity index (χ2v) is 24.1. The molecule has 0 aliphatic carbocycles. The molecule has 1 aliphatic heterocycles. The summed E-state index contributed by atoms with van der Waals surface area (Å²) in [6, 6.07) is 0.946. The van der Waals surface area contributed by atoms with Crippen molar-refractivity contribution < 1.29 is 57.8 Å². The van der Waals surface area contributed by atoms with E-state index in [1.807, 2.05) is 27.7 Å². The molecule has 0 radical (unpaired) electrons. The number of aliphatic hydroxyl groups is 1. The highest BCUT2D eigenvalue weighted by Gasteiger charge is 2.38. The SMILES string of the molecule is CC(C)CCCCC(=O)C[C@@H](CCN)C(=O)N[C@H](C(=O)C[C@@H](CCN)C(=O)N[C@H]1CCNC(=O)[C@H](CC(C)C)NC(=O)[C@H](CCN)CC(=O)[C@H](CCN)NC(=O)[C@H](CC(C)C)NC(=O)[C@@H](Cc2ccccc2)CC(=O)[C@H](CCN)NC1=O)[C@@H](C)O. The summed E-state index contributed by atoms with van der Waals surface area (Å²) in [6.07, 6.45) is -0.315. The molecule has 0 bridgehead atoms. The van der Waals surface area contributed by atoms with Crippen LogP contribution in [-0.4, -0.2) is 151 Å². The number of carbonyl (C=O) groups excluding carboxylic acids is 11. The molecule has 1 fully saturated rings. The summed E-state index contributed by atoms with van der Waals surface area (Å²) < 4.78 is 0. The van der Waals surface area contributed by atoms with Gasteiger partial charge in [-0.05, 0) is 127 Å². The van der Waals surface area contributed by atoms with Crippen LogP contribution in [-0.2, 0) is 59.2 Å². The van der Waals surface area contributed by atoms with Crippen LogP contribution < -0.4 is 65.9 Å². The molecule has 0 aromatic heterocycles. The van der Waals surface area contributed by atoms with Gasteiger partial charge in [0.05, 0.1) is 18.2 Å². The molecular formula is C61H104N12O12. The number of rotatable bonds is 31. The predicted octanol–water partition coefficient (Wildman–Crippen LogP) is 0.393. The quantitative estimate of drug-likeness (QED) is 0.0447. The molecule has 1 heterocycles. The summed E-state index contributed by atoms with van der Waals surface area (Å²) in [5.74, 6) is -11.2.